The Balaban J connectivity index is 1.82. The summed E-state index contributed by atoms with van der Waals surface area (Å²) in [7, 11) is 1.65. The molecular formula is C20H32N2O2. The molecule has 4 heteroatoms. The number of carbonyl (C=O) groups excluding carboxylic acids is 1. The Morgan fingerprint density at radius 3 is 2.62 bits per heavy atom. The molecule has 0 saturated heterocycles. The van der Waals surface area contributed by atoms with Gasteiger partial charge in [0.25, 0.3) is 0 Å². The number of carbonyl (C=O) groups is 1. The van der Waals surface area contributed by atoms with Crippen LogP contribution in [-0.2, 0) is 11.3 Å². The summed E-state index contributed by atoms with van der Waals surface area (Å²) in [5.41, 5.74) is 1.28. The smallest absolute Gasteiger partial charge is 0.234 e. The Bertz CT molecular complexity index is 537. The molecule has 1 saturated carbocycles. The van der Waals surface area contributed by atoms with Crippen molar-refractivity contribution in [1.29, 1.82) is 0 Å². The molecule has 0 heterocycles. The maximum Gasteiger partial charge on any atom is 0.234 e. The monoisotopic (exact) mass is 332 g/mol. The van der Waals surface area contributed by atoms with E-state index in [2.05, 4.69) is 31.4 Å². The summed E-state index contributed by atoms with van der Waals surface area (Å²) in [4.78, 5) is 12.2. The lowest BCUT2D eigenvalue weighted by molar-refractivity contribution is -0.120. The van der Waals surface area contributed by atoms with E-state index in [1.165, 1.54) is 25.7 Å². The zero-order valence-corrected chi connectivity index (χ0v) is 15.5. The lowest BCUT2D eigenvalue weighted by Crippen LogP contribution is -2.47. The van der Waals surface area contributed by atoms with Crippen LogP contribution in [0, 0.1) is 11.3 Å². The quantitative estimate of drug-likeness (QED) is 0.838. The summed E-state index contributed by atoms with van der Waals surface area (Å²) in [5.74, 6) is 1.48. The van der Waals surface area contributed by atoms with E-state index < -0.39 is 0 Å². The normalized spacial score (nSPS) is 21.3. The van der Waals surface area contributed by atoms with Crippen LogP contribution in [0.3, 0.4) is 0 Å². The zero-order valence-electron chi connectivity index (χ0n) is 15.5. The molecular weight excluding hydrogens is 300 g/mol. The van der Waals surface area contributed by atoms with Crippen LogP contribution in [0.2, 0.25) is 0 Å². The van der Waals surface area contributed by atoms with Gasteiger partial charge in [-0.1, -0.05) is 51.8 Å². The van der Waals surface area contributed by atoms with E-state index >= 15 is 0 Å². The second-order valence-corrected chi connectivity index (χ2v) is 7.83. The molecule has 24 heavy (non-hydrogen) atoms. The first-order chi connectivity index (χ1) is 11.4. The van der Waals surface area contributed by atoms with Gasteiger partial charge in [0.1, 0.15) is 5.75 Å². The highest BCUT2D eigenvalue weighted by Gasteiger charge is 2.33. The van der Waals surface area contributed by atoms with Crippen molar-refractivity contribution >= 4 is 5.91 Å². The van der Waals surface area contributed by atoms with E-state index in [0.717, 1.165) is 11.3 Å². The molecule has 2 unspecified atom stereocenters. The fourth-order valence-electron chi connectivity index (χ4n) is 3.74. The molecule has 1 aromatic carbocycles. The fourth-order valence-corrected chi connectivity index (χ4v) is 3.74. The fraction of sp³-hybridized carbons (Fsp3) is 0.650. The Morgan fingerprint density at radius 2 is 1.92 bits per heavy atom. The van der Waals surface area contributed by atoms with Gasteiger partial charge in [0, 0.05) is 18.2 Å². The van der Waals surface area contributed by atoms with Crippen molar-refractivity contribution in [2.45, 2.75) is 59.0 Å². The van der Waals surface area contributed by atoms with Gasteiger partial charge in [-0.2, -0.15) is 0 Å². The average molecular weight is 332 g/mol. The second kappa shape index (κ2) is 8.52. The Labute approximate surface area is 146 Å². The van der Waals surface area contributed by atoms with Crippen LogP contribution < -0.4 is 15.4 Å². The van der Waals surface area contributed by atoms with Crippen molar-refractivity contribution in [2.75, 3.05) is 13.7 Å². The summed E-state index contributed by atoms with van der Waals surface area (Å²) in [5, 5.41) is 6.48. The van der Waals surface area contributed by atoms with E-state index in [1.807, 2.05) is 24.3 Å². The molecule has 1 amide bonds. The van der Waals surface area contributed by atoms with E-state index in [1.54, 1.807) is 7.11 Å². The van der Waals surface area contributed by atoms with Crippen LogP contribution in [0.25, 0.3) is 0 Å². The molecule has 1 aliphatic rings. The van der Waals surface area contributed by atoms with Gasteiger partial charge in [0.2, 0.25) is 5.91 Å². The first kappa shape index (κ1) is 18.8. The minimum atomic E-state index is 0.0409. The number of para-hydroxylation sites is 1. The van der Waals surface area contributed by atoms with Crippen LogP contribution in [0.5, 0.6) is 5.75 Å². The Hall–Kier alpha value is -1.55. The first-order valence-electron chi connectivity index (χ1n) is 9.04. The molecule has 0 bridgehead atoms. The highest BCUT2D eigenvalue weighted by molar-refractivity contribution is 5.78. The van der Waals surface area contributed by atoms with Gasteiger partial charge in [0.15, 0.2) is 0 Å². The molecule has 2 atom stereocenters. The maximum atomic E-state index is 12.2. The number of methoxy groups -OCH3 is 1. The molecule has 0 aromatic heterocycles. The van der Waals surface area contributed by atoms with Crippen LogP contribution in [0.1, 0.15) is 52.0 Å². The summed E-state index contributed by atoms with van der Waals surface area (Å²) < 4.78 is 5.32. The van der Waals surface area contributed by atoms with Crippen molar-refractivity contribution in [1.82, 2.24) is 10.6 Å². The summed E-state index contributed by atoms with van der Waals surface area (Å²) >= 11 is 0. The molecule has 2 rings (SSSR count). The van der Waals surface area contributed by atoms with E-state index in [9.17, 15) is 4.79 Å². The summed E-state index contributed by atoms with van der Waals surface area (Å²) in [6, 6.07) is 8.22. The lowest BCUT2D eigenvalue weighted by Gasteiger charge is -2.40. The molecule has 1 fully saturated rings. The number of ether oxygens (including phenoxy) is 1. The molecule has 0 spiro atoms. The summed E-state index contributed by atoms with van der Waals surface area (Å²) in [6.45, 7) is 7.79. The van der Waals surface area contributed by atoms with Crippen molar-refractivity contribution in [3.8, 4) is 5.75 Å². The molecule has 134 valence electrons. The SMILES string of the molecule is COc1ccccc1CNC(=O)CNC1CCCCC1C(C)(C)C. The van der Waals surface area contributed by atoms with Gasteiger partial charge < -0.3 is 15.4 Å². The molecule has 1 aliphatic carbocycles. The Morgan fingerprint density at radius 1 is 1.21 bits per heavy atom. The predicted molar refractivity (Wildman–Crippen MR) is 98.0 cm³/mol. The van der Waals surface area contributed by atoms with Gasteiger partial charge in [-0.15, -0.1) is 0 Å². The van der Waals surface area contributed by atoms with Gasteiger partial charge in [-0.3, -0.25) is 4.79 Å². The number of amides is 1. The van der Waals surface area contributed by atoms with E-state index in [0.29, 0.717) is 25.0 Å². The summed E-state index contributed by atoms with van der Waals surface area (Å²) in [6.07, 6.45) is 4.99. The zero-order chi connectivity index (χ0) is 17.6. The lowest BCUT2D eigenvalue weighted by atomic mass is 9.69. The highest BCUT2D eigenvalue weighted by atomic mass is 16.5. The number of hydrogen-bond acceptors (Lipinski definition) is 3. The van der Waals surface area contributed by atoms with Crippen molar-refractivity contribution in [2.24, 2.45) is 11.3 Å². The van der Waals surface area contributed by atoms with Crippen molar-refractivity contribution in [3.63, 3.8) is 0 Å². The van der Waals surface area contributed by atoms with Gasteiger partial charge >= 0.3 is 0 Å². The van der Waals surface area contributed by atoms with Gasteiger partial charge in [0.05, 0.1) is 13.7 Å². The number of rotatable bonds is 6. The van der Waals surface area contributed by atoms with Crippen LogP contribution in [0.4, 0.5) is 0 Å². The third kappa shape index (κ3) is 5.23. The molecule has 0 aliphatic heterocycles. The third-order valence-corrected chi connectivity index (χ3v) is 5.07. The maximum absolute atomic E-state index is 12.2. The van der Waals surface area contributed by atoms with Gasteiger partial charge in [-0.25, -0.2) is 0 Å². The molecule has 2 N–H and O–H groups in total. The minimum Gasteiger partial charge on any atom is -0.496 e. The molecule has 0 radical (unpaired) electrons. The molecule has 4 nitrogen and oxygen atoms in total. The topological polar surface area (TPSA) is 50.4 Å². The minimum absolute atomic E-state index is 0.0409. The average Bonchev–Trinajstić information content (AvgIpc) is 2.57. The van der Waals surface area contributed by atoms with E-state index in [-0.39, 0.29) is 11.3 Å². The number of hydrogen-bond donors (Lipinski definition) is 2. The van der Waals surface area contributed by atoms with Crippen LogP contribution in [0.15, 0.2) is 24.3 Å². The highest BCUT2D eigenvalue weighted by Crippen LogP contribution is 2.37. The predicted octanol–water partition coefficient (Wildman–Crippen LogP) is 3.51. The van der Waals surface area contributed by atoms with E-state index in [4.69, 9.17) is 4.74 Å². The third-order valence-electron chi connectivity index (χ3n) is 5.07. The molecule has 1 aromatic rings. The number of benzene rings is 1. The van der Waals surface area contributed by atoms with Crippen LogP contribution >= 0.6 is 0 Å². The number of nitrogens with one attached hydrogen (secondary N) is 2. The van der Waals surface area contributed by atoms with Crippen molar-refractivity contribution < 1.29 is 9.53 Å². The second-order valence-electron chi connectivity index (χ2n) is 7.83. The van der Waals surface area contributed by atoms with Gasteiger partial charge in [-0.05, 0) is 30.2 Å². The Kier molecular flexibility index (Phi) is 6.67. The first-order valence-corrected chi connectivity index (χ1v) is 9.04. The standard InChI is InChI=1S/C20H32N2O2/c1-20(2,3)16-10-6-7-11-17(16)21-14-19(23)22-13-15-9-5-8-12-18(15)24-4/h5,8-9,12,16-17,21H,6-7,10-11,13-14H2,1-4H3,(H,22,23). The largest absolute Gasteiger partial charge is 0.496 e. The van der Waals surface area contributed by atoms with Crippen LogP contribution in [-0.4, -0.2) is 25.6 Å². The van der Waals surface area contributed by atoms with Crippen molar-refractivity contribution in [3.05, 3.63) is 29.8 Å².